The third kappa shape index (κ3) is 4.36. The molecule has 1 aliphatic heterocycles. The zero-order valence-electron chi connectivity index (χ0n) is 18.7. The largest absolute Gasteiger partial charge is 0.483 e. The van der Waals surface area contributed by atoms with Crippen LogP contribution in [0.4, 0.5) is 0 Å². The highest BCUT2D eigenvalue weighted by Gasteiger charge is 2.50. The van der Waals surface area contributed by atoms with E-state index in [0.717, 1.165) is 0 Å². The summed E-state index contributed by atoms with van der Waals surface area (Å²) in [6.07, 6.45) is 0.252. The maximum Gasteiger partial charge on any atom is 0.336 e. The van der Waals surface area contributed by atoms with E-state index < -0.39 is 35.4 Å². The van der Waals surface area contributed by atoms with Crippen molar-refractivity contribution >= 4 is 22.9 Å². The summed E-state index contributed by atoms with van der Waals surface area (Å²) in [6.45, 7) is 10.5. The fraction of sp³-hybridized carbons (Fsp3) is 0.458. The molecule has 0 saturated carbocycles. The molecule has 1 aromatic carbocycles. The van der Waals surface area contributed by atoms with Gasteiger partial charge >= 0.3 is 17.6 Å². The Morgan fingerprint density at radius 2 is 1.87 bits per heavy atom. The zero-order valence-corrected chi connectivity index (χ0v) is 18.7. The molecule has 2 aromatic rings. The van der Waals surface area contributed by atoms with Gasteiger partial charge < -0.3 is 18.6 Å². The van der Waals surface area contributed by atoms with Crippen LogP contribution in [0.5, 0.6) is 5.75 Å². The van der Waals surface area contributed by atoms with Gasteiger partial charge in [-0.25, -0.2) is 9.59 Å². The SMILES string of the molecule is C/C=C(\C)C(=O)O[C@H]1[C@@H](OC(=O)C(C)CC)c2c(ccc3ccc(=O)oc23)OC1(C)C. The van der Waals surface area contributed by atoms with Crippen LogP contribution in [0.15, 0.2) is 45.1 Å². The number of fused-ring (bicyclic) bond motifs is 3. The third-order valence-electron chi connectivity index (χ3n) is 5.65. The van der Waals surface area contributed by atoms with Gasteiger partial charge in [-0.1, -0.05) is 19.9 Å². The van der Waals surface area contributed by atoms with Crippen LogP contribution in [-0.2, 0) is 19.1 Å². The second kappa shape index (κ2) is 8.57. The molecular formula is C24H28O7. The predicted molar refractivity (Wildman–Crippen MR) is 115 cm³/mol. The summed E-state index contributed by atoms with van der Waals surface area (Å²) in [4.78, 5) is 37.4. The van der Waals surface area contributed by atoms with Crippen LogP contribution in [0.2, 0.25) is 0 Å². The third-order valence-corrected chi connectivity index (χ3v) is 5.65. The van der Waals surface area contributed by atoms with Crippen molar-refractivity contribution in [1.82, 2.24) is 0 Å². The quantitative estimate of drug-likeness (QED) is 0.394. The molecule has 0 fully saturated rings. The molecule has 7 heteroatoms. The van der Waals surface area contributed by atoms with E-state index in [4.69, 9.17) is 18.6 Å². The number of esters is 2. The van der Waals surface area contributed by atoms with Crippen molar-refractivity contribution in [3.63, 3.8) is 0 Å². The molecule has 0 saturated heterocycles. The topological polar surface area (TPSA) is 92.0 Å². The van der Waals surface area contributed by atoms with Gasteiger partial charge in [-0.15, -0.1) is 0 Å². The molecule has 1 aromatic heterocycles. The molecule has 0 N–H and O–H groups in total. The lowest BCUT2D eigenvalue weighted by Gasteiger charge is -2.43. The summed E-state index contributed by atoms with van der Waals surface area (Å²) in [5, 5.41) is 0.640. The minimum atomic E-state index is -1.01. The lowest BCUT2D eigenvalue weighted by molar-refractivity contribution is -0.189. The standard InChI is InChI=1S/C24H28O7/c1-7-13(3)22(26)29-20-18-16(11-9-15-10-12-17(25)28-19(15)18)31-24(5,6)21(20)30-23(27)14(4)8-2/h8-13,20-21H,7H2,1-6H3/b14-8+/t13?,20-,21-/m0/s1. The molecule has 2 heterocycles. The van der Waals surface area contributed by atoms with Crippen molar-refractivity contribution in [3.8, 4) is 5.75 Å². The van der Waals surface area contributed by atoms with Crippen LogP contribution in [-0.4, -0.2) is 23.6 Å². The van der Waals surface area contributed by atoms with E-state index in [-0.39, 0.29) is 11.5 Å². The van der Waals surface area contributed by atoms with Crippen LogP contribution in [0.25, 0.3) is 11.0 Å². The number of hydrogen-bond donors (Lipinski definition) is 0. The van der Waals surface area contributed by atoms with E-state index in [1.165, 1.54) is 6.07 Å². The van der Waals surface area contributed by atoms with Crippen molar-refractivity contribution in [2.24, 2.45) is 5.92 Å². The lowest BCUT2D eigenvalue weighted by Crippen LogP contribution is -2.52. The highest BCUT2D eigenvalue weighted by Crippen LogP contribution is 2.46. The van der Waals surface area contributed by atoms with E-state index in [1.807, 2.05) is 6.92 Å². The maximum absolute atomic E-state index is 12.8. The molecule has 1 unspecified atom stereocenters. The van der Waals surface area contributed by atoms with Gasteiger partial charge in [0.05, 0.1) is 11.5 Å². The molecule has 3 rings (SSSR count). The predicted octanol–water partition coefficient (Wildman–Crippen LogP) is 4.47. The van der Waals surface area contributed by atoms with Gasteiger partial charge in [0.2, 0.25) is 0 Å². The summed E-state index contributed by atoms with van der Waals surface area (Å²) in [7, 11) is 0. The Balaban J connectivity index is 2.21. The molecule has 3 atom stereocenters. The van der Waals surface area contributed by atoms with Crippen molar-refractivity contribution in [1.29, 1.82) is 0 Å². The van der Waals surface area contributed by atoms with Gasteiger partial charge in [-0.3, -0.25) is 4.79 Å². The monoisotopic (exact) mass is 428 g/mol. The molecule has 31 heavy (non-hydrogen) atoms. The highest BCUT2D eigenvalue weighted by atomic mass is 16.6. The summed E-state index contributed by atoms with van der Waals surface area (Å²) in [5.74, 6) is -0.928. The Bertz CT molecular complexity index is 1090. The average Bonchev–Trinajstić information content (AvgIpc) is 2.73. The number of benzene rings is 1. The molecule has 0 bridgehead atoms. The van der Waals surface area contributed by atoms with Crippen LogP contribution in [0.1, 0.15) is 59.6 Å². The van der Waals surface area contributed by atoms with E-state index in [1.54, 1.807) is 58.9 Å². The van der Waals surface area contributed by atoms with E-state index >= 15 is 0 Å². The normalized spacial score (nSPS) is 21.0. The molecule has 1 aliphatic rings. The van der Waals surface area contributed by atoms with Gasteiger partial charge in [0.25, 0.3) is 0 Å². The number of rotatable bonds is 5. The van der Waals surface area contributed by atoms with Gasteiger partial charge in [-0.05, 0) is 52.3 Å². The number of ether oxygens (including phenoxy) is 3. The fourth-order valence-electron chi connectivity index (χ4n) is 3.41. The highest BCUT2D eigenvalue weighted by molar-refractivity contribution is 5.88. The minimum absolute atomic E-state index is 0.242. The molecular weight excluding hydrogens is 400 g/mol. The Morgan fingerprint density at radius 3 is 2.52 bits per heavy atom. The zero-order chi connectivity index (χ0) is 22.9. The van der Waals surface area contributed by atoms with E-state index in [9.17, 15) is 14.4 Å². The first-order chi connectivity index (χ1) is 14.6. The summed E-state index contributed by atoms with van der Waals surface area (Å²) in [5.41, 5.74) is -0.526. The second-order valence-electron chi connectivity index (χ2n) is 8.32. The second-order valence-corrected chi connectivity index (χ2v) is 8.32. The number of allylic oxidation sites excluding steroid dienone is 1. The van der Waals surface area contributed by atoms with Crippen molar-refractivity contribution in [2.45, 2.75) is 65.8 Å². The maximum atomic E-state index is 12.8. The van der Waals surface area contributed by atoms with Crippen LogP contribution in [0, 0.1) is 5.92 Å². The Kier molecular flexibility index (Phi) is 6.25. The first-order valence-corrected chi connectivity index (χ1v) is 10.4. The summed E-state index contributed by atoms with van der Waals surface area (Å²) < 4.78 is 23.3. The van der Waals surface area contributed by atoms with Gasteiger partial charge in [0.15, 0.2) is 12.2 Å². The summed E-state index contributed by atoms with van der Waals surface area (Å²) in [6, 6.07) is 6.44. The molecule has 7 nitrogen and oxygen atoms in total. The number of hydrogen-bond acceptors (Lipinski definition) is 7. The Labute approximate surface area is 181 Å². The first-order valence-electron chi connectivity index (χ1n) is 10.4. The first kappa shape index (κ1) is 22.6. The van der Waals surface area contributed by atoms with Gasteiger partial charge in [0.1, 0.15) is 16.9 Å². The molecule has 166 valence electrons. The van der Waals surface area contributed by atoms with E-state index in [2.05, 4.69) is 0 Å². The molecule has 0 aliphatic carbocycles. The van der Waals surface area contributed by atoms with E-state index in [0.29, 0.717) is 28.7 Å². The van der Waals surface area contributed by atoms with Crippen molar-refractivity contribution in [3.05, 3.63) is 51.9 Å². The fourth-order valence-corrected chi connectivity index (χ4v) is 3.41. The summed E-state index contributed by atoms with van der Waals surface area (Å²) >= 11 is 0. The van der Waals surface area contributed by atoms with Crippen molar-refractivity contribution in [2.75, 3.05) is 0 Å². The molecule has 0 radical (unpaired) electrons. The van der Waals surface area contributed by atoms with Crippen LogP contribution >= 0.6 is 0 Å². The number of carbonyl (C=O) groups excluding carboxylic acids is 2. The Hall–Kier alpha value is -3.09. The minimum Gasteiger partial charge on any atom is -0.483 e. The molecule has 0 spiro atoms. The van der Waals surface area contributed by atoms with Gasteiger partial charge in [-0.2, -0.15) is 0 Å². The Morgan fingerprint density at radius 1 is 1.19 bits per heavy atom. The van der Waals surface area contributed by atoms with Gasteiger partial charge in [0, 0.05) is 17.0 Å². The average molecular weight is 428 g/mol. The lowest BCUT2D eigenvalue weighted by atomic mass is 9.87. The van der Waals surface area contributed by atoms with Crippen LogP contribution in [0.3, 0.4) is 0 Å². The number of carbonyl (C=O) groups is 2. The van der Waals surface area contributed by atoms with Crippen molar-refractivity contribution < 1.29 is 28.2 Å². The smallest absolute Gasteiger partial charge is 0.336 e. The van der Waals surface area contributed by atoms with Crippen LogP contribution < -0.4 is 10.4 Å². The molecule has 0 amide bonds.